The van der Waals surface area contributed by atoms with E-state index in [1.807, 2.05) is 4.90 Å². The molecule has 1 atom stereocenters. The molecule has 24 heavy (non-hydrogen) atoms. The summed E-state index contributed by atoms with van der Waals surface area (Å²) in [5, 5.41) is 8.87. The fraction of sp³-hybridized carbons (Fsp3) is 0.588. The molecule has 2 saturated heterocycles. The Kier molecular flexibility index (Phi) is 4.97. The first-order valence-electron chi connectivity index (χ1n) is 8.14. The molecule has 130 valence electrons. The van der Waals surface area contributed by atoms with Crippen molar-refractivity contribution in [1.29, 1.82) is 5.26 Å². The van der Waals surface area contributed by atoms with E-state index >= 15 is 0 Å². The van der Waals surface area contributed by atoms with E-state index < -0.39 is 11.7 Å². The SMILES string of the molecule is N#Cc1ccc(N2CCN(CC3CCOC3)CC2)cc1C(F)(F)F. The monoisotopic (exact) mass is 339 g/mol. The number of nitrogens with zero attached hydrogens (tertiary/aromatic N) is 3. The van der Waals surface area contributed by atoms with Gasteiger partial charge in [0.25, 0.3) is 0 Å². The molecule has 1 unspecified atom stereocenters. The lowest BCUT2D eigenvalue weighted by Crippen LogP contribution is -2.48. The first kappa shape index (κ1) is 17.1. The Bertz CT molecular complexity index is 612. The van der Waals surface area contributed by atoms with Crippen molar-refractivity contribution in [2.75, 3.05) is 50.8 Å². The Morgan fingerprint density at radius 3 is 2.54 bits per heavy atom. The molecule has 3 rings (SSSR count). The Morgan fingerprint density at radius 2 is 1.96 bits per heavy atom. The van der Waals surface area contributed by atoms with Crippen LogP contribution in [0.3, 0.4) is 0 Å². The van der Waals surface area contributed by atoms with Gasteiger partial charge in [0, 0.05) is 45.0 Å². The number of alkyl halides is 3. The molecule has 1 aromatic rings. The average molecular weight is 339 g/mol. The number of ether oxygens (including phenoxy) is 1. The van der Waals surface area contributed by atoms with Gasteiger partial charge in [-0.05, 0) is 30.5 Å². The first-order valence-corrected chi connectivity index (χ1v) is 8.14. The minimum absolute atomic E-state index is 0.328. The largest absolute Gasteiger partial charge is 0.417 e. The molecule has 0 bridgehead atoms. The van der Waals surface area contributed by atoms with Gasteiger partial charge in [0.2, 0.25) is 0 Å². The summed E-state index contributed by atoms with van der Waals surface area (Å²) in [7, 11) is 0. The molecule has 4 nitrogen and oxygen atoms in total. The molecular weight excluding hydrogens is 319 g/mol. The molecule has 2 heterocycles. The quantitative estimate of drug-likeness (QED) is 0.849. The van der Waals surface area contributed by atoms with Crippen LogP contribution in [0.25, 0.3) is 0 Å². The standard InChI is InChI=1S/C17H20F3N3O/c18-17(19,20)16-9-15(2-1-14(16)10-21)23-6-4-22(5-7-23)11-13-3-8-24-12-13/h1-2,9,13H,3-8,11-12H2. The molecular formula is C17H20F3N3O. The average Bonchev–Trinajstić information content (AvgIpc) is 3.07. The second-order valence-corrected chi connectivity index (χ2v) is 6.36. The number of benzene rings is 1. The lowest BCUT2D eigenvalue weighted by Gasteiger charge is -2.37. The number of piperazine rings is 1. The maximum atomic E-state index is 13.1. The molecule has 2 aliphatic heterocycles. The van der Waals surface area contributed by atoms with Crippen LogP contribution >= 0.6 is 0 Å². The van der Waals surface area contributed by atoms with Crippen molar-refractivity contribution >= 4 is 5.69 Å². The third kappa shape index (κ3) is 3.82. The summed E-state index contributed by atoms with van der Waals surface area (Å²) in [6.07, 6.45) is -3.42. The summed E-state index contributed by atoms with van der Waals surface area (Å²) in [6.45, 7) is 5.68. The summed E-state index contributed by atoms with van der Waals surface area (Å²) in [6, 6.07) is 5.59. The number of anilines is 1. The zero-order valence-corrected chi connectivity index (χ0v) is 13.4. The van der Waals surface area contributed by atoms with Crippen LogP contribution < -0.4 is 4.90 Å². The van der Waals surface area contributed by atoms with E-state index in [0.717, 1.165) is 45.3 Å². The van der Waals surface area contributed by atoms with Crippen molar-refractivity contribution in [1.82, 2.24) is 4.90 Å². The van der Waals surface area contributed by atoms with Crippen molar-refractivity contribution < 1.29 is 17.9 Å². The van der Waals surface area contributed by atoms with Gasteiger partial charge in [0.15, 0.2) is 0 Å². The van der Waals surface area contributed by atoms with Crippen LogP contribution in [-0.4, -0.2) is 50.8 Å². The predicted molar refractivity (Wildman–Crippen MR) is 83.7 cm³/mol. The van der Waals surface area contributed by atoms with Gasteiger partial charge in [-0.2, -0.15) is 18.4 Å². The van der Waals surface area contributed by atoms with Crippen molar-refractivity contribution in [3.8, 4) is 6.07 Å². The lowest BCUT2D eigenvalue weighted by atomic mass is 10.1. The van der Waals surface area contributed by atoms with Crippen LogP contribution in [0.1, 0.15) is 17.5 Å². The van der Waals surface area contributed by atoms with Crippen molar-refractivity contribution in [2.24, 2.45) is 5.92 Å². The van der Waals surface area contributed by atoms with Crippen molar-refractivity contribution in [3.05, 3.63) is 29.3 Å². The van der Waals surface area contributed by atoms with Gasteiger partial charge in [-0.25, -0.2) is 0 Å². The Labute approximate surface area is 139 Å². The molecule has 0 saturated carbocycles. The highest BCUT2D eigenvalue weighted by molar-refractivity contribution is 5.55. The molecule has 2 fully saturated rings. The summed E-state index contributed by atoms with van der Waals surface area (Å²) in [4.78, 5) is 4.31. The highest BCUT2D eigenvalue weighted by atomic mass is 19.4. The molecule has 0 spiro atoms. The zero-order chi connectivity index (χ0) is 17.2. The molecule has 0 aliphatic carbocycles. The third-order valence-electron chi connectivity index (χ3n) is 4.71. The molecule has 1 aromatic carbocycles. The summed E-state index contributed by atoms with van der Waals surface area (Å²) < 4.78 is 44.6. The number of hydrogen-bond donors (Lipinski definition) is 0. The number of halogens is 3. The van der Waals surface area contributed by atoms with Gasteiger partial charge in [0.05, 0.1) is 23.8 Å². The number of rotatable bonds is 3. The van der Waals surface area contributed by atoms with Crippen LogP contribution in [0.4, 0.5) is 18.9 Å². The normalized spacial score (nSPS) is 22.6. The van der Waals surface area contributed by atoms with Crippen LogP contribution in [0.2, 0.25) is 0 Å². The Hall–Kier alpha value is -1.78. The van der Waals surface area contributed by atoms with Gasteiger partial charge in [-0.1, -0.05) is 0 Å². The van der Waals surface area contributed by atoms with E-state index in [4.69, 9.17) is 10.00 Å². The fourth-order valence-corrected chi connectivity index (χ4v) is 3.34. The highest BCUT2D eigenvalue weighted by Crippen LogP contribution is 2.34. The second kappa shape index (κ2) is 6.99. The predicted octanol–water partition coefficient (Wildman–Crippen LogP) is 2.74. The minimum Gasteiger partial charge on any atom is -0.381 e. The summed E-state index contributed by atoms with van der Waals surface area (Å²) in [5.41, 5.74) is -0.649. The zero-order valence-electron chi connectivity index (χ0n) is 13.4. The smallest absolute Gasteiger partial charge is 0.381 e. The lowest BCUT2D eigenvalue weighted by molar-refractivity contribution is -0.137. The molecule has 0 N–H and O–H groups in total. The van der Waals surface area contributed by atoms with Gasteiger partial charge in [-0.15, -0.1) is 0 Å². The summed E-state index contributed by atoms with van der Waals surface area (Å²) in [5.74, 6) is 0.572. The van der Waals surface area contributed by atoms with Crippen LogP contribution in [-0.2, 0) is 10.9 Å². The third-order valence-corrected chi connectivity index (χ3v) is 4.71. The maximum absolute atomic E-state index is 13.1. The van der Waals surface area contributed by atoms with Crippen LogP contribution in [0, 0.1) is 17.2 Å². The van der Waals surface area contributed by atoms with Gasteiger partial charge >= 0.3 is 6.18 Å². The van der Waals surface area contributed by atoms with Crippen LogP contribution in [0.5, 0.6) is 0 Å². The van der Waals surface area contributed by atoms with Crippen LogP contribution in [0.15, 0.2) is 18.2 Å². The number of hydrogen-bond acceptors (Lipinski definition) is 4. The van der Waals surface area contributed by atoms with E-state index in [2.05, 4.69) is 4.90 Å². The first-order chi connectivity index (χ1) is 11.5. The van der Waals surface area contributed by atoms with E-state index in [1.54, 1.807) is 12.1 Å². The second-order valence-electron chi connectivity index (χ2n) is 6.36. The molecule has 0 amide bonds. The minimum atomic E-state index is -4.51. The Morgan fingerprint density at radius 1 is 1.21 bits per heavy atom. The van der Waals surface area contributed by atoms with E-state index in [9.17, 15) is 13.2 Å². The molecule has 7 heteroatoms. The van der Waals surface area contributed by atoms with Crippen molar-refractivity contribution in [2.45, 2.75) is 12.6 Å². The fourth-order valence-electron chi connectivity index (χ4n) is 3.34. The van der Waals surface area contributed by atoms with Crippen molar-refractivity contribution in [3.63, 3.8) is 0 Å². The summed E-state index contributed by atoms with van der Waals surface area (Å²) >= 11 is 0. The molecule has 2 aliphatic rings. The van der Waals surface area contributed by atoms with Gasteiger partial charge in [-0.3, -0.25) is 4.90 Å². The van der Waals surface area contributed by atoms with E-state index in [-0.39, 0.29) is 5.56 Å². The molecule has 0 radical (unpaired) electrons. The number of nitriles is 1. The highest BCUT2D eigenvalue weighted by Gasteiger charge is 2.34. The van der Waals surface area contributed by atoms with Gasteiger partial charge < -0.3 is 9.64 Å². The Balaban J connectivity index is 1.65. The topological polar surface area (TPSA) is 39.5 Å². The van der Waals surface area contributed by atoms with E-state index in [1.165, 1.54) is 6.07 Å². The molecule has 0 aromatic heterocycles. The van der Waals surface area contributed by atoms with E-state index in [0.29, 0.717) is 24.7 Å². The van der Waals surface area contributed by atoms with Gasteiger partial charge in [0.1, 0.15) is 0 Å². The maximum Gasteiger partial charge on any atom is 0.417 e.